The molecule has 5 unspecified atom stereocenters. The van der Waals surface area contributed by atoms with Crippen molar-refractivity contribution in [2.24, 2.45) is 29.6 Å². The molecule has 6 nitrogen and oxygen atoms in total. The average molecular weight is 422 g/mol. The van der Waals surface area contributed by atoms with Crippen LogP contribution >= 0.6 is 0 Å². The Labute approximate surface area is 180 Å². The Morgan fingerprint density at radius 2 is 1.71 bits per heavy atom. The predicted octanol–water partition coefficient (Wildman–Crippen LogP) is 2.67. The second kappa shape index (κ2) is 6.68. The van der Waals surface area contributed by atoms with Gasteiger partial charge in [0.2, 0.25) is 0 Å². The lowest BCUT2D eigenvalue weighted by Crippen LogP contribution is -2.55. The summed E-state index contributed by atoms with van der Waals surface area (Å²) in [5.41, 5.74) is 2.21. The van der Waals surface area contributed by atoms with Crippen molar-refractivity contribution in [2.75, 3.05) is 6.61 Å². The molecule has 1 heterocycles. The van der Waals surface area contributed by atoms with E-state index in [1.165, 1.54) is 6.92 Å². The summed E-state index contributed by atoms with van der Waals surface area (Å²) in [4.78, 5) is 64.4. The SMILES string of the molecule is CC(=O)C1C(=O)CC2CC3Cc4ccc5c(c4C(=O)C3C(=O)C2C1=O)OCCC5(C)C. The van der Waals surface area contributed by atoms with Gasteiger partial charge in [0.1, 0.15) is 17.5 Å². The summed E-state index contributed by atoms with van der Waals surface area (Å²) in [5, 5.41) is 0. The lowest BCUT2D eigenvalue weighted by atomic mass is 9.55. The Morgan fingerprint density at radius 1 is 1.00 bits per heavy atom. The van der Waals surface area contributed by atoms with E-state index in [2.05, 4.69) is 13.8 Å². The van der Waals surface area contributed by atoms with E-state index in [1.54, 1.807) is 0 Å². The minimum atomic E-state index is -1.36. The Bertz CT molecular complexity index is 1060. The molecule has 5 rings (SSSR count). The van der Waals surface area contributed by atoms with Crippen LogP contribution in [0.4, 0.5) is 0 Å². The van der Waals surface area contributed by atoms with Crippen LogP contribution in [-0.2, 0) is 31.0 Å². The van der Waals surface area contributed by atoms with E-state index in [0.717, 1.165) is 17.5 Å². The predicted molar refractivity (Wildman–Crippen MR) is 110 cm³/mol. The average Bonchev–Trinajstić information content (AvgIpc) is 2.66. The van der Waals surface area contributed by atoms with Crippen molar-refractivity contribution in [1.29, 1.82) is 0 Å². The van der Waals surface area contributed by atoms with Gasteiger partial charge >= 0.3 is 0 Å². The van der Waals surface area contributed by atoms with E-state index in [9.17, 15) is 24.0 Å². The monoisotopic (exact) mass is 422 g/mol. The Balaban J connectivity index is 1.57. The first-order valence-electron chi connectivity index (χ1n) is 11.1. The van der Waals surface area contributed by atoms with Crippen LogP contribution in [0.5, 0.6) is 5.75 Å². The third kappa shape index (κ3) is 2.80. The van der Waals surface area contributed by atoms with E-state index in [4.69, 9.17) is 4.74 Å². The van der Waals surface area contributed by atoms with Crippen LogP contribution < -0.4 is 4.74 Å². The zero-order valence-electron chi connectivity index (χ0n) is 18.0. The van der Waals surface area contributed by atoms with E-state index in [0.29, 0.717) is 30.8 Å². The first-order valence-corrected chi connectivity index (χ1v) is 11.1. The van der Waals surface area contributed by atoms with Gasteiger partial charge in [-0.3, -0.25) is 24.0 Å². The van der Waals surface area contributed by atoms with Crippen molar-refractivity contribution in [3.05, 3.63) is 28.8 Å². The lowest BCUT2D eigenvalue weighted by Gasteiger charge is -2.45. The number of ketones is 5. The first-order chi connectivity index (χ1) is 14.6. The molecule has 2 fully saturated rings. The maximum atomic E-state index is 13.7. The fourth-order valence-corrected chi connectivity index (χ4v) is 6.31. The highest BCUT2D eigenvalue weighted by molar-refractivity contribution is 6.27. The van der Waals surface area contributed by atoms with Crippen LogP contribution in [-0.4, -0.2) is 35.5 Å². The Kier molecular flexibility index (Phi) is 4.37. The first kappa shape index (κ1) is 20.3. The molecule has 4 aliphatic rings. The smallest absolute Gasteiger partial charge is 0.177 e. The van der Waals surface area contributed by atoms with Gasteiger partial charge in [-0.15, -0.1) is 0 Å². The van der Waals surface area contributed by atoms with Gasteiger partial charge in [-0.1, -0.05) is 26.0 Å². The van der Waals surface area contributed by atoms with Gasteiger partial charge in [-0.2, -0.15) is 0 Å². The molecule has 0 radical (unpaired) electrons. The number of ether oxygens (including phenoxy) is 1. The summed E-state index contributed by atoms with van der Waals surface area (Å²) in [6.07, 6.45) is 1.92. The summed E-state index contributed by atoms with van der Waals surface area (Å²) < 4.78 is 5.94. The van der Waals surface area contributed by atoms with Crippen molar-refractivity contribution in [3.63, 3.8) is 0 Å². The van der Waals surface area contributed by atoms with Crippen molar-refractivity contribution in [3.8, 4) is 5.75 Å². The Hall–Kier alpha value is -2.63. The van der Waals surface area contributed by atoms with Crippen LogP contribution in [0.1, 0.15) is 61.5 Å². The maximum Gasteiger partial charge on any atom is 0.177 e. The number of benzene rings is 1. The molecule has 31 heavy (non-hydrogen) atoms. The molecular weight excluding hydrogens is 396 g/mol. The zero-order valence-corrected chi connectivity index (χ0v) is 18.0. The lowest BCUT2D eigenvalue weighted by molar-refractivity contribution is -0.152. The van der Waals surface area contributed by atoms with Gasteiger partial charge in [0.05, 0.1) is 24.0 Å². The summed E-state index contributed by atoms with van der Waals surface area (Å²) in [6, 6.07) is 4.00. The minimum Gasteiger partial charge on any atom is -0.492 e. The van der Waals surface area contributed by atoms with Crippen LogP contribution in [0.3, 0.4) is 0 Å². The number of Topliss-reactive ketones (excluding diaryl/α,β-unsaturated/α-hetero) is 5. The fourth-order valence-electron chi connectivity index (χ4n) is 6.31. The molecule has 0 bridgehead atoms. The second-order valence-electron chi connectivity index (χ2n) is 10.3. The van der Waals surface area contributed by atoms with Crippen molar-refractivity contribution in [1.82, 2.24) is 0 Å². The second-order valence-corrected chi connectivity index (χ2v) is 10.3. The standard InChI is InChI=1S/C25H26O6/c1-11(26)17-16(27)10-14-9-13-8-12-4-5-15-24(31-7-6-25(15,2)3)20(12)23(30)18(13)22(29)19(14)21(17)28/h4-5,13-14,17-19H,6-10H2,1-3H3. The molecule has 0 saturated heterocycles. The highest BCUT2D eigenvalue weighted by atomic mass is 16.5. The molecular formula is C25H26O6. The van der Waals surface area contributed by atoms with Crippen molar-refractivity contribution in [2.45, 2.75) is 51.9 Å². The summed E-state index contributed by atoms with van der Waals surface area (Å²) in [7, 11) is 0. The molecule has 0 N–H and O–H groups in total. The quantitative estimate of drug-likeness (QED) is 0.646. The van der Waals surface area contributed by atoms with E-state index in [1.807, 2.05) is 12.1 Å². The number of carbonyl (C=O) groups excluding carboxylic acids is 5. The van der Waals surface area contributed by atoms with Crippen LogP contribution in [0, 0.1) is 29.6 Å². The molecule has 0 amide bonds. The summed E-state index contributed by atoms with van der Waals surface area (Å²) in [6.45, 7) is 5.96. The highest BCUT2D eigenvalue weighted by Crippen LogP contribution is 2.50. The molecule has 1 aromatic carbocycles. The van der Waals surface area contributed by atoms with Crippen LogP contribution in [0.15, 0.2) is 12.1 Å². The van der Waals surface area contributed by atoms with E-state index >= 15 is 0 Å². The third-order valence-electron chi connectivity index (χ3n) is 7.90. The summed E-state index contributed by atoms with van der Waals surface area (Å²) >= 11 is 0. The molecule has 6 heteroatoms. The van der Waals surface area contributed by atoms with Gasteiger partial charge in [-0.05, 0) is 49.0 Å². The van der Waals surface area contributed by atoms with Gasteiger partial charge in [-0.25, -0.2) is 0 Å². The maximum absolute atomic E-state index is 13.7. The zero-order chi connectivity index (χ0) is 22.2. The highest BCUT2D eigenvalue weighted by Gasteiger charge is 2.57. The topological polar surface area (TPSA) is 94.6 Å². The van der Waals surface area contributed by atoms with Crippen LogP contribution in [0.2, 0.25) is 0 Å². The van der Waals surface area contributed by atoms with Crippen LogP contribution in [0.25, 0.3) is 0 Å². The normalized spacial score (nSPS) is 33.6. The summed E-state index contributed by atoms with van der Waals surface area (Å²) in [5.74, 6) is -5.54. The molecule has 0 aromatic heterocycles. The number of rotatable bonds is 1. The molecule has 2 saturated carbocycles. The molecule has 162 valence electrons. The minimum absolute atomic E-state index is 0.0537. The van der Waals surface area contributed by atoms with Gasteiger partial charge in [0.25, 0.3) is 0 Å². The Morgan fingerprint density at radius 3 is 2.42 bits per heavy atom. The fraction of sp³-hybridized carbons (Fsp3) is 0.560. The molecule has 5 atom stereocenters. The van der Waals surface area contributed by atoms with Gasteiger partial charge in [0, 0.05) is 12.0 Å². The number of hydrogen-bond acceptors (Lipinski definition) is 6. The van der Waals surface area contributed by atoms with Gasteiger partial charge < -0.3 is 4.74 Å². The van der Waals surface area contributed by atoms with E-state index in [-0.39, 0.29) is 23.5 Å². The van der Waals surface area contributed by atoms with Gasteiger partial charge in [0.15, 0.2) is 23.1 Å². The number of hydrogen-bond donors (Lipinski definition) is 0. The largest absolute Gasteiger partial charge is 0.492 e. The van der Waals surface area contributed by atoms with E-state index < -0.39 is 46.8 Å². The van der Waals surface area contributed by atoms with Crippen molar-refractivity contribution < 1.29 is 28.7 Å². The molecule has 3 aliphatic carbocycles. The number of carbonyl (C=O) groups is 5. The third-order valence-corrected chi connectivity index (χ3v) is 7.90. The number of fused-ring (bicyclic) bond motifs is 5. The molecule has 0 spiro atoms. The molecule has 1 aromatic rings. The molecule has 1 aliphatic heterocycles. The van der Waals surface area contributed by atoms with Crippen molar-refractivity contribution >= 4 is 28.9 Å².